The zero-order valence-electron chi connectivity index (χ0n) is 34.6. The van der Waals surface area contributed by atoms with E-state index < -0.39 is 6.10 Å². The van der Waals surface area contributed by atoms with Gasteiger partial charge in [-0.1, -0.05) is 207 Å². The number of esters is 3. The Labute approximate surface area is 317 Å². The van der Waals surface area contributed by atoms with Crippen molar-refractivity contribution >= 4 is 17.9 Å². The fraction of sp³-hybridized carbons (Fsp3) is 0.933. The van der Waals surface area contributed by atoms with Crippen LogP contribution in [-0.2, 0) is 28.6 Å². The lowest BCUT2D eigenvalue weighted by Crippen LogP contribution is -2.30. The lowest BCUT2D eigenvalue weighted by Gasteiger charge is -2.18. The minimum absolute atomic E-state index is 0.0644. The van der Waals surface area contributed by atoms with Crippen molar-refractivity contribution in [3.63, 3.8) is 0 Å². The van der Waals surface area contributed by atoms with E-state index in [1.165, 1.54) is 141 Å². The molecule has 0 heterocycles. The first-order valence-electron chi connectivity index (χ1n) is 22.4. The van der Waals surface area contributed by atoms with Crippen molar-refractivity contribution in [2.75, 3.05) is 13.2 Å². The molecule has 0 saturated heterocycles. The molecule has 6 heteroatoms. The number of carbonyl (C=O) groups excluding carboxylic acids is 3. The Morgan fingerprint density at radius 1 is 0.373 bits per heavy atom. The zero-order valence-corrected chi connectivity index (χ0v) is 34.6. The minimum atomic E-state index is -0.758. The van der Waals surface area contributed by atoms with Gasteiger partial charge in [-0.25, -0.2) is 0 Å². The number of hydrogen-bond acceptors (Lipinski definition) is 6. The summed E-state index contributed by atoms with van der Waals surface area (Å²) in [5.41, 5.74) is 0. The van der Waals surface area contributed by atoms with Crippen LogP contribution >= 0.6 is 0 Å². The van der Waals surface area contributed by atoms with Gasteiger partial charge in [-0.2, -0.15) is 0 Å². The summed E-state index contributed by atoms with van der Waals surface area (Å²) in [7, 11) is 0. The third kappa shape index (κ3) is 39.5. The van der Waals surface area contributed by atoms with Gasteiger partial charge in [0, 0.05) is 19.3 Å². The third-order valence-corrected chi connectivity index (χ3v) is 10.0. The van der Waals surface area contributed by atoms with Gasteiger partial charge in [0.1, 0.15) is 13.2 Å². The predicted molar refractivity (Wildman–Crippen MR) is 215 cm³/mol. The monoisotopic (exact) mass is 723 g/mol. The SMILES string of the molecule is CCCCCCCCCCCCCCCCC(=O)OC[C@@H](COC(=O)CCCCCCCCC)OC(=O)CCCCCCCCCCCC(C)C. The summed E-state index contributed by atoms with van der Waals surface area (Å²) in [4.78, 5) is 37.5. The van der Waals surface area contributed by atoms with Crippen LogP contribution < -0.4 is 0 Å². The molecule has 0 N–H and O–H groups in total. The van der Waals surface area contributed by atoms with Crippen LogP contribution in [0.4, 0.5) is 0 Å². The molecular weight excluding hydrogens is 636 g/mol. The number of unbranched alkanes of at least 4 members (excludes halogenated alkanes) is 27. The number of hydrogen-bond donors (Lipinski definition) is 0. The molecule has 51 heavy (non-hydrogen) atoms. The first kappa shape index (κ1) is 49.4. The molecule has 6 nitrogen and oxygen atoms in total. The van der Waals surface area contributed by atoms with Gasteiger partial charge in [0.25, 0.3) is 0 Å². The maximum absolute atomic E-state index is 12.7. The summed E-state index contributed by atoms with van der Waals surface area (Å²) in [5, 5.41) is 0. The van der Waals surface area contributed by atoms with Crippen LogP contribution in [0.15, 0.2) is 0 Å². The number of ether oxygens (including phenoxy) is 3. The summed E-state index contributed by atoms with van der Waals surface area (Å²) < 4.78 is 16.6. The molecule has 0 unspecified atom stereocenters. The fourth-order valence-corrected chi connectivity index (χ4v) is 6.63. The highest BCUT2D eigenvalue weighted by Gasteiger charge is 2.19. The lowest BCUT2D eigenvalue weighted by atomic mass is 10.0. The fourth-order valence-electron chi connectivity index (χ4n) is 6.63. The zero-order chi connectivity index (χ0) is 37.5. The lowest BCUT2D eigenvalue weighted by molar-refractivity contribution is -0.167. The second-order valence-electron chi connectivity index (χ2n) is 15.8. The van der Waals surface area contributed by atoms with E-state index >= 15 is 0 Å². The molecule has 0 spiro atoms. The average molecular weight is 723 g/mol. The molecule has 1 atom stereocenters. The summed E-state index contributed by atoms with van der Waals surface area (Å²) in [6.45, 7) is 8.93. The quantitative estimate of drug-likeness (QED) is 0.0356. The first-order chi connectivity index (χ1) is 24.9. The molecule has 0 rings (SSSR count). The van der Waals surface area contributed by atoms with Crippen molar-refractivity contribution in [3.8, 4) is 0 Å². The van der Waals surface area contributed by atoms with Crippen LogP contribution in [-0.4, -0.2) is 37.2 Å². The largest absolute Gasteiger partial charge is 0.462 e. The Morgan fingerprint density at radius 2 is 0.647 bits per heavy atom. The van der Waals surface area contributed by atoms with Gasteiger partial charge in [-0.05, 0) is 25.2 Å². The maximum Gasteiger partial charge on any atom is 0.306 e. The van der Waals surface area contributed by atoms with Crippen molar-refractivity contribution < 1.29 is 28.6 Å². The van der Waals surface area contributed by atoms with Crippen LogP contribution in [0.25, 0.3) is 0 Å². The highest BCUT2D eigenvalue weighted by atomic mass is 16.6. The van der Waals surface area contributed by atoms with E-state index in [0.29, 0.717) is 19.3 Å². The van der Waals surface area contributed by atoms with Gasteiger partial charge in [0.15, 0.2) is 6.10 Å². The highest BCUT2D eigenvalue weighted by Crippen LogP contribution is 2.16. The second-order valence-corrected chi connectivity index (χ2v) is 15.8. The first-order valence-corrected chi connectivity index (χ1v) is 22.4. The molecule has 0 radical (unpaired) electrons. The molecule has 0 fully saturated rings. The number of rotatable bonds is 40. The molecular formula is C45H86O6. The van der Waals surface area contributed by atoms with Gasteiger partial charge in [-0.3, -0.25) is 14.4 Å². The molecule has 302 valence electrons. The Hall–Kier alpha value is -1.59. The van der Waals surface area contributed by atoms with E-state index in [2.05, 4.69) is 27.7 Å². The van der Waals surface area contributed by atoms with E-state index in [4.69, 9.17) is 14.2 Å². The predicted octanol–water partition coefficient (Wildman–Crippen LogP) is 13.9. The van der Waals surface area contributed by atoms with Gasteiger partial charge in [-0.15, -0.1) is 0 Å². The molecule has 0 aliphatic heterocycles. The molecule has 0 aromatic carbocycles. The third-order valence-electron chi connectivity index (χ3n) is 10.0. The van der Waals surface area contributed by atoms with Gasteiger partial charge < -0.3 is 14.2 Å². The van der Waals surface area contributed by atoms with Crippen molar-refractivity contribution in [2.24, 2.45) is 5.92 Å². The maximum atomic E-state index is 12.7. The van der Waals surface area contributed by atoms with E-state index in [9.17, 15) is 14.4 Å². The summed E-state index contributed by atoms with van der Waals surface area (Å²) >= 11 is 0. The van der Waals surface area contributed by atoms with Crippen molar-refractivity contribution in [1.82, 2.24) is 0 Å². The molecule has 0 aromatic rings. The molecule has 0 saturated carbocycles. The highest BCUT2D eigenvalue weighted by molar-refractivity contribution is 5.71. The molecule has 0 aliphatic carbocycles. The Balaban J connectivity index is 4.27. The van der Waals surface area contributed by atoms with Crippen LogP contribution in [0.5, 0.6) is 0 Å². The molecule has 0 bridgehead atoms. The smallest absolute Gasteiger partial charge is 0.306 e. The summed E-state index contributed by atoms with van der Waals surface area (Å²) in [6.07, 6.45) is 38.1. The van der Waals surface area contributed by atoms with E-state index in [0.717, 1.165) is 63.7 Å². The van der Waals surface area contributed by atoms with Crippen molar-refractivity contribution in [2.45, 2.75) is 252 Å². The topological polar surface area (TPSA) is 78.9 Å². The van der Waals surface area contributed by atoms with Crippen LogP contribution in [0.2, 0.25) is 0 Å². The van der Waals surface area contributed by atoms with E-state index in [1.807, 2.05) is 0 Å². The second kappa shape index (κ2) is 39.6. The Kier molecular flexibility index (Phi) is 38.4. The van der Waals surface area contributed by atoms with E-state index in [1.54, 1.807) is 0 Å². The Bertz CT molecular complexity index is 766. The molecule has 0 aliphatic rings. The average Bonchev–Trinajstić information content (AvgIpc) is 3.11. The van der Waals surface area contributed by atoms with Gasteiger partial charge in [0.2, 0.25) is 0 Å². The standard InChI is InChI=1S/C45H86O6/c1-5-7-9-11-13-14-15-16-17-18-21-25-29-33-37-44(47)50-40-42(39-49-43(46)36-32-28-23-12-10-8-6-2)51-45(48)38-34-30-26-22-19-20-24-27-31-35-41(3)4/h41-42H,5-40H2,1-4H3/t42-/m1/s1. The van der Waals surface area contributed by atoms with Crippen LogP contribution in [0, 0.1) is 5.92 Å². The Morgan fingerprint density at radius 3 is 0.961 bits per heavy atom. The normalized spacial score (nSPS) is 11.9. The van der Waals surface area contributed by atoms with Crippen LogP contribution in [0.3, 0.4) is 0 Å². The molecule has 0 amide bonds. The van der Waals surface area contributed by atoms with Crippen molar-refractivity contribution in [1.29, 1.82) is 0 Å². The number of carbonyl (C=O) groups is 3. The van der Waals surface area contributed by atoms with E-state index in [-0.39, 0.29) is 31.1 Å². The van der Waals surface area contributed by atoms with Gasteiger partial charge >= 0.3 is 17.9 Å². The summed E-state index contributed by atoms with van der Waals surface area (Å²) in [5.74, 6) is -0.0562. The molecule has 0 aromatic heterocycles. The van der Waals surface area contributed by atoms with Crippen molar-refractivity contribution in [3.05, 3.63) is 0 Å². The van der Waals surface area contributed by atoms with Gasteiger partial charge in [0.05, 0.1) is 0 Å². The van der Waals surface area contributed by atoms with Crippen LogP contribution in [0.1, 0.15) is 246 Å². The minimum Gasteiger partial charge on any atom is -0.462 e. The summed E-state index contributed by atoms with van der Waals surface area (Å²) in [6, 6.07) is 0.